The zero-order valence-corrected chi connectivity index (χ0v) is 8.25. The number of hydrogen-bond acceptors (Lipinski definition) is 2. The molecule has 0 aromatic heterocycles. The normalized spacial score (nSPS) is 10.5. The summed E-state index contributed by atoms with van der Waals surface area (Å²) in [4.78, 5) is 0. The van der Waals surface area contributed by atoms with E-state index in [9.17, 15) is 10.2 Å². The van der Waals surface area contributed by atoms with Crippen molar-refractivity contribution in [3.8, 4) is 11.5 Å². The maximum Gasteiger partial charge on any atom is 0.127 e. The van der Waals surface area contributed by atoms with Crippen LogP contribution in [0.2, 0.25) is 0 Å². The molecule has 0 bridgehead atoms. The average molecular weight is 239 g/mol. The molecule has 0 spiro atoms. The van der Waals surface area contributed by atoms with Crippen molar-refractivity contribution >= 4 is 26.7 Å². The predicted molar refractivity (Wildman–Crippen MR) is 55.0 cm³/mol. The van der Waals surface area contributed by atoms with Gasteiger partial charge in [-0.1, -0.05) is 28.1 Å². The zero-order chi connectivity index (χ0) is 9.42. The highest BCUT2D eigenvalue weighted by Gasteiger charge is 2.04. The number of aromatic hydroxyl groups is 2. The summed E-state index contributed by atoms with van der Waals surface area (Å²) in [6.07, 6.45) is 0. The summed E-state index contributed by atoms with van der Waals surface area (Å²) in [5.74, 6) is 0.160. The fourth-order valence-corrected chi connectivity index (χ4v) is 1.80. The number of phenolic OH excluding ortho intramolecular Hbond substituents is 2. The van der Waals surface area contributed by atoms with Gasteiger partial charge in [-0.3, -0.25) is 0 Å². The molecule has 3 heteroatoms. The Morgan fingerprint density at radius 1 is 1.00 bits per heavy atom. The zero-order valence-electron chi connectivity index (χ0n) is 6.66. The van der Waals surface area contributed by atoms with Crippen molar-refractivity contribution in [1.29, 1.82) is 0 Å². The first-order valence-electron chi connectivity index (χ1n) is 3.78. The molecule has 13 heavy (non-hydrogen) atoms. The number of benzene rings is 2. The summed E-state index contributed by atoms with van der Waals surface area (Å²) in [5, 5.41) is 20.3. The molecule has 0 unspecified atom stereocenters. The number of hydrogen-bond donors (Lipinski definition) is 2. The van der Waals surface area contributed by atoms with E-state index in [1.165, 1.54) is 6.07 Å². The predicted octanol–water partition coefficient (Wildman–Crippen LogP) is 3.01. The number of halogens is 1. The minimum atomic E-state index is 0.0666. The van der Waals surface area contributed by atoms with Crippen LogP contribution in [0.5, 0.6) is 11.5 Å². The Balaban J connectivity index is 2.94. The molecule has 0 saturated heterocycles. The van der Waals surface area contributed by atoms with Gasteiger partial charge >= 0.3 is 0 Å². The minimum absolute atomic E-state index is 0.0666. The molecule has 0 aliphatic heterocycles. The van der Waals surface area contributed by atoms with Crippen molar-refractivity contribution in [2.24, 2.45) is 0 Å². The Labute approximate surface area is 83.6 Å². The second-order valence-corrected chi connectivity index (χ2v) is 3.65. The summed E-state index contributed by atoms with van der Waals surface area (Å²) in [7, 11) is 0. The van der Waals surface area contributed by atoms with Gasteiger partial charge in [0, 0.05) is 21.3 Å². The van der Waals surface area contributed by atoms with Crippen LogP contribution in [0.1, 0.15) is 0 Å². The molecule has 2 rings (SSSR count). The maximum atomic E-state index is 9.50. The van der Waals surface area contributed by atoms with E-state index in [1.807, 2.05) is 12.1 Å². The van der Waals surface area contributed by atoms with Crippen LogP contribution in [0.4, 0.5) is 0 Å². The average Bonchev–Trinajstić information content (AvgIpc) is 2.07. The monoisotopic (exact) mass is 238 g/mol. The smallest absolute Gasteiger partial charge is 0.127 e. The highest BCUT2D eigenvalue weighted by Crippen LogP contribution is 2.33. The van der Waals surface area contributed by atoms with E-state index in [4.69, 9.17) is 0 Å². The molecule has 66 valence electrons. The Morgan fingerprint density at radius 3 is 2.54 bits per heavy atom. The van der Waals surface area contributed by atoms with Crippen LogP contribution in [0, 0.1) is 0 Å². The summed E-state index contributed by atoms with van der Waals surface area (Å²) >= 11 is 3.34. The van der Waals surface area contributed by atoms with Crippen molar-refractivity contribution in [3.05, 3.63) is 34.8 Å². The molecule has 0 aliphatic carbocycles. The quantitative estimate of drug-likeness (QED) is 0.741. The van der Waals surface area contributed by atoms with Crippen LogP contribution in [0.3, 0.4) is 0 Å². The highest BCUT2D eigenvalue weighted by atomic mass is 79.9. The lowest BCUT2D eigenvalue weighted by Gasteiger charge is -2.03. The van der Waals surface area contributed by atoms with Crippen molar-refractivity contribution in [2.75, 3.05) is 0 Å². The lowest BCUT2D eigenvalue weighted by molar-refractivity contribution is 0.455. The first-order chi connectivity index (χ1) is 6.18. The largest absolute Gasteiger partial charge is 0.508 e. The third kappa shape index (κ3) is 1.35. The summed E-state index contributed by atoms with van der Waals surface area (Å²) in [5.41, 5.74) is 0. The van der Waals surface area contributed by atoms with Gasteiger partial charge in [0.2, 0.25) is 0 Å². The second-order valence-electron chi connectivity index (χ2n) is 2.80. The Hall–Kier alpha value is -1.22. The molecule has 0 aliphatic rings. The topological polar surface area (TPSA) is 40.5 Å². The molecule has 0 heterocycles. The van der Waals surface area contributed by atoms with E-state index < -0.39 is 0 Å². The Kier molecular flexibility index (Phi) is 1.88. The molecule has 2 aromatic carbocycles. The summed E-state index contributed by atoms with van der Waals surface area (Å²) < 4.78 is 0.858. The van der Waals surface area contributed by atoms with Crippen LogP contribution >= 0.6 is 15.9 Å². The summed E-state index contributed by atoms with van der Waals surface area (Å²) in [6.45, 7) is 0. The van der Waals surface area contributed by atoms with E-state index in [2.05, 4.69) is 15.9 Å². The number of phenols is 2. The number of fused-ring (bicyclic) bond motifs is 1. The van der Waals surface area contributed by atoms with Crippen LogP contribution in [0.15, 0.2) is 34.8 Å². The SMILES string of the molecule is Oc1cc(O)c2cccc(Br)c2c1. The van der Waals surface area contributed by atoms with Gasteiger partial charge in [0.1, 0.15) is 11.5 Å². The third-order valence-corrected chi connectivity index (χ3v) is 2.60. The third-order valence-electron chi connectivity index (χ3n) is 1.91. The Morgan fingerprint density at radius 2 is 1.77 bits per heavy atom. The molecular formula is C10H7BrO2. The molecular weight excluding hydrogens is 232 g/mol. The van der Waals surface area contributed by atoms with Crippen molar-refractivity contribution in [3.63, 3.8) is 0 Å². The van der Waals surface area contributed by atoms with E-state index in [1.54, 1.807) is 12.1 Å². The van der Waals surface area contributed by atoms with Gasteiger partial charge in [-0.25, -0.2) is 0 Å². The summed E-state index contributed by atoms with van der Waals surface area (Å²) in [6, 6.07) is 8.44. The molecule has 2 nitrogen and oxygen atoms in total. The van der Waals surface area contributed by atoms with Crippen molar-refractivity contribution in [1.82, 2.24) is 0 Å². The molecule has 2 N–H and O–H groups in total. The number of rotatable bonds is 0. The van der Waals surface area contributed by atoms with Gasteiger partial charge in [0.05, 0.1) is 0 Å². The van der Waals surface area contributed by atoms with Gasteiger partial charge < -0.3 is 10.2 Å². The molecule has 0 fully saturated rings. The molecule has 0 amide bonds. The van der Waals surface area contributed by atoms with Crippen LogP contribution in [0.25, 0.3) is 10.8 Å². The van der Waals surface area contributed by atoms with E-state index in [0.29, 0.717) is 0 Å². The van der Waals surface area contributed by atoms with Gasteiger partial charge in [0.15, 0.2) is 0 Å². The molecule has 0 atom stereocenters. The second kappa shape index (κ2) is 2.92. The first-order valence-corrected chi connectivity index (χ1v) is 4.58. The van der Waals surface area contributed by atoms with Gasteiger partial charge in [-0.05, 0) is 12.1 Å². The van der Waals surface area contributed by atoms with E-state index >= 15 is 0 Å². The van der Waals surface area contributed by atoms with Gasteiger partial charge in [0.25, 0.3) is 0 Å². The van der Waals surface area contributed by atoms with Crippen molar-refractivity contribution in [2.45, 2.75) is 0 Å². The van der Waals surface area contributed by atoms with Crippen LogP contribution in [-0.2, 0) is 0 Å². The maximum absolute atomic E-state index is 9.50. The van der Waals surface area contributed by atoms with Crippen LogP contribution in [-0.4, -0.2) is 10.2 Å². The van der Waals surface area contributed by atoms with Gasteiger partial charge in [-0.2, -0.15) is 0 Å². The van der Waals surface area contributed by atoms with E-state index in [-0.39, 0.29) is 11.5 Å². The lowest BCUT2D eigenvalue weighted by atomic mass is 10.1. The molecule has 0 saturated carbocycles. The molecule has 2 aromatic rings. The Bertz CT molecular complexity index is 466. The lowest BCUT2D eigenvalue weighted by Crippen LogP contribution is -1.75. The van der Waals surface area contributed by atoms with Gasteiger partial charge in [-0.15, -0.1) is 0 Å². The fraction of sp³-hybridized carbons (Fsp3) is 0. The first kappa shape index (κ1) is 8.38. The fourth-order valence-electron chi connectivity index (χ4n) is 1.31. The molecule has 0 radical (unpaired) electrons. The highest BCUT2D eigenvalue weighted by molar-refractivity contribution is 9.10. The standard InChI is InChI=1S/C10H7BrO2/c11-9-3-1-2-7-8(9)4-6(12)5-10(7)13/h1-5,12-13H. The minimum Gasteiger partial charge on any atom is -0.508 e. The van der Waals surface area contributed by atoms with Crippen LogP contribution < -0.4 is 0 Å². The van der Waals surface area contributed by atoms with Crippen molar-refractivity contribution < 1.29 is 10.2 Å². The van der Waals surface area contributed by atoms with E-state index in [0.717, 1.165) is 15.2 Å².